The third-order valence-corrected chi connectivity index (χ3v) is 3.95. The number of hydrogen-bond acceptors (Lipinski definition) is 2. The predicted molar refractivity (Wildman–Crippen MR) is 79.3 cm³/mol. The van der Waals surface area contributed by atoms with Crippen molar-refractivity contribution in [2.45, 2.75) is 32.4 Å². The van der Waals surface area contributed by atoms with Crippen molar-refractivity contribution < 1.29 is 4.79 Å². The Balaban J connectivity index is 2.12. The molecular weight excluding hydrogens is 250 g/mol. The van der Waals surface area contributed by atoms with Gasteiger partial charge < -0.3 is 9.47 Å². The maximum absolute atomic E-state index is 11.8. The van der Waals surface area contributed by atoms with Gasteiger partial charge in [0.25, 0.3) is 0 Å². The minimum atomic E-state index is 0.0971. The molecule has 1 aromatic carbocycles. The lowest BCUT2D eigenvalue weighted by Crippen LogP contribution is -2.29. The molecule has 1 aliphatic heterocycles. The topological polar surface area (TPSA) is 38.1 Å². The van der Waals surface area contributed by atoms with Gasteiger partial charge in [0, 0.05) is 20.0 Å². The van der Waals surface area contributed by atoms with Gasteiger partial charge in [-0.3, -0.25) is 4.79 Å². The van der Waals surface area contributed by atoms with E-state index in [0.29, 0.717) is 0 Å². The summed E-state index contributed by atoms with van der Waals surface area (Å²) in [5, 5.41) is 0. The van der Waals surface area contributed by atoms with Crippen LogP contribution < -0.4 is 0 Å². The number of allylic oxidation sites excluding steroid dienone is 1. The van der Waals surface area contributed by atoms with Crippen LogP contribution in [0.3, 0.4) is 0 Å². The molecule has 2 aromatic rings. The smallest absolute Gasteiger partial charge is 0.220 e. The number of aromatic nitrogens is 2. The van der Waals surface area contributed by atoms with Gasteiger partial charge in [0.1, 0.15) is 5.82 Å². The molecule has 1 atom stereocenters. The minimum Gasteiger partial charge on any atom is -0.333 e. The zero-order valence-corrected chi connectivity index (χ0v) is 11.7. The molecule has 104 valence electrons. The van der Waals surface area contributed by atoms with Crippen molar-refractivity contribution in [3.63, 3.8) is 0 Å². The Bertz CT molecular complexity index is 659. The Morgan fingerprint density at radius 3 is 3.05 bits per heavy atom. The van der Waals surface area contributed by atoms with Crippen molar-refractivity contribution in [2.24, 2.45) is 0 Å². The molecule has 0 aliphatic carbocycles. The lowest BCUT2D eigenvalue weighted by atomic mass is 10.2. The largest absolute Gasteiger partial charge is 0.333 e. The first kappa shape index (κ1) is 12.9. The fourth-order valence-electron chi connectivity index (χ4n) is 3.08. The fourth-order valence-corrected chi connectivity index (χ4v) is 3.08. The highest BCUT2D eigenvalue weighted by atomic mass is 16.2. The van der Waals surface area contributed by atoms with Crippen molar-refractivity contribution in [3.8, 4) is 0 Å². The molecular formula is C16H19N3O. The van der Waals surface area contributed by atoms with Crippen molar-refractivity contribution in [3.05, 3.63) is 42.7 Å². The van der Waals surface area contributed by atoms with E-state index in [1.165, 1.54) is 0 Å². The molecule has 2 heterocycles. The van der Waals surface area contributed by atoms with E-state index in [0.717, 1.165) is 42.8 Å². The van der Waals surface area contributed by atoms with Gasteiger partial charge in [-0.2, -0.15) is 0 Å². The molecule has 0 unspecified atom stereocenters. The van der Waals surface area contributed by atoms with Crippen molar-refractivity contribution >= 4 is 16.9 Å². The number of para-hydroxylation sites is 2. The molecule has 0 spiro atoms. The van der Waals surface area contributed by atoms with E-state index in [2.05, 4.69) is 17.2 Å². The molecule has 0 bridgehead atoms. The van der Waals surface area contributed by atoms with E-state index < -0.39 is 0 Å². The normalized spacial score (nSPS) is 18.6. The van der Waals surface area contributed by atoms with Crippen LogP contribution in [-0.4, -0.2) is 26.9 Å². The van der Waals surface area contributed by atoms with Gasteiger partial charge in [0.2, 0.25) is 5.91 Å². The number of nitrogens with zero attached hydrogens (tertiary/aromatic N) is 3. The number of likely N-dealkylation sites (tertiary alicyclic amines) is 1. The molecule has 1 aromatic heterocycles. The average molecular weight is 269 g/mol. The van der Waals surface area contributed by atoms with Crippen LogP contribution in [0.1, 0.15) is 31.6 Å². The maximum Gasteiger partial charge on any atom is 0.220 e. The van der Waals surface area contributed by atoms with Crippen molar-refractivity contribution in [1.82, 2.24) is 14.5 Å². The molecule has 20 heavy (non-hydrogen) atoms. The van der Waals surface area contributed by atoms with E-state index >= 15 is 0 Å². The Morgan fingerprint density at radius 2 is 2.30 bits per heavy atom. The zero-order chi connectivity index (χ0) is 14.1. The molecule has 4 nitrogen and oxygen atoms in total. The number of amides is 1. The quantitative estimate of drug-likeness (QED) is 0.804. The SMILES string of the molecule is C=CCn1c([C@@H]2CCCN2C(C)=O)nc2ccccc21. The molecule has 0 saturated carbocycles. The maximum atomic E-state index is 11.8. The van der Waals surface area contributed by atoms with Gasteiger partial charge in [-0.25, -0.2) is 4.98 Å². The molecule has 0 radical (unpaired) electrons. The lowest BCUT2D eigenvalue weighted by molar-refractivity contribution is -0.129. The molecule has 3 rings (SSSR count). The molecule has 1 saturated heterocycles. The number of fused-ring (bicyclic) bond motifs is 1. The van der Waals surface area contributed by atoms with Crippen molar-refractivity contribution in [2.75, 3.05) is 6.54 Å². The van der Waals surface area contributed by atoms with Crippen LogP contribution in [-0.2, 0) is 11.3 Å². The van der Waals surface area contributed by atoms with Crippen LogP contribution in [0.2, 0.25) is 0 Å². The average Bonchev–Trinajstić information content (AvgIpc) is 3.04. The summed E-state index contributed by atoms with van der Waals surface area (Å²) >= 11 is 0. The van der Waals surface area contributed by atoms with E-state index in [1.54, 1.807) is 6.92 Å². The van der Waals surface area contributed by atoms with Gasteiger partial charge >= 0.3 is 0 Å². The van der Waals surface area contributed by atoms with E-state index in [-0.39, 0.29) is 11.9 Å². The highest BCUT2D eigenvalue weighted by Crippen LogP contribution is 2.33. The van der Waals surface area contributed by atoms with Gasteiger partial charge in [-0.1, -0.05) is 18.2 Å². The number of rotatable bonds is 3. The van der Waals surface area contributed by atoms with Crippen LogP contribution in [0.25, 0.3) is 11.0 Å². The third-order valence-electron chi connectivity index (χ3n) is 3.95. The Morgan fingerprint density at radius 1 is 1.50 bits per heavy atom. The second-order valence-electron chi connectivity index (χ2n) is 5.23. The summed E-state index contributed by atoms with van der Waals surface area (Å²) in [5.74, 6) is 1.11. The van der Waals surface area contributed by atoms with Gasteiger partial charge in [-0.15, -0.1) is 6.58 Å². The number of hydrogen-bond donors (Lipinski definition) is 0. The van der Waals surface area contributed by atoms with Crippen LogP contribution in [0.15, 0.2) is 36.9 Å². The lowest BCUT2D eigenvalue weighted by Gasteiger charge is -2.23. The summed E-state index contributed by atoms with van der Waals surface area (Å²) in [5.41, 5.74) is 2.09. The Kier molecular flexibility index (Phi) is 3.30. The Hall–Kier alpha value is -2.10. The summed E-state index contributed by atoms with van der Waals surface area (Å²) in [4.78, 5) is 18.5. The second kappa shape index (κ2) is 5.12. The number of carbonyl (C=O) groups excluding carboxylic acids is 1. The standard InChI is InChI=1S/C16H19N3O/c1-3-10-19-14-8-5-4-7-13(14)17-16(19)15-9-6-11-18(15)12(2)20/h3-5,7-8,15H,1,6,9-11H2,2H3/t15-/m0/s1. The summed E-state index contributed by atoms with van der Waals surface area (Å²) in [7, 11) is 0. The van der Waals surface area contributed by atoms with Crippen LogP contribution in [0, 0.1) is 0 Å². The third kappa shape index (κ3) is 2.01. The summed E-state index contributed by atoms with van der Waals surface area (Å²) < 4.78 is 2.17. The minimum absolute atomic E-state index is 0.0971. The van der Waals surface area contributed by atoms with E-state index in [9.17, 15) is 4.79 Å². The van der Waals surface area contributed by atoms with E-state index in [1.807, 2.05) is 29.2 Å². The fraction of sp³-hybridized carbons (Fsp3) is 0.375. The van der Waals surface area contributed by atoms with Crippen LogP contribution in [0.5, 0.6) is 0 Å². The second-order valence-corrected chi connectivity index (χ2v) is 5.23. The summed E-state index contributed by atoms with van der Waals surface area (Å²) in [6, 6.07) is 8.20. The monoisotopic (exact) mass is 269 g/mol. The molecule has 1 fully saturated rings. The van der Waals surface area contributed by atoms with Gasteiger partial charge in [-0.05, 0) is 25.0 Å². The molecule has 1 aliphatic rings. The zero-order valence-electron chi connectivity index (χ0n) is 11.7. The first-order valence-electron chi connectivity index (χ1n) is 7.05. The summed E-state index contributed by atoms with van der Waals surface area (Å²) in [6.07, 6.45) is 3.91. The van der Waals surface area contributed by atoms with Crippen LogP contribution >= 0.6 is 0 Å². The van der Waals surface area contributed by atoms with Gasteiger partial charge in [0.05, 0.1) is 17.1 Å². The summed E-state index contributed by atoms with van der Waals surface area (Å²) in [6.45, 7) is 7.02. The van der Waals surface area contributed by atoms with Crippen LogP contribution in [0.4, 0.5) is 0 Å². The molecule has 1 amide bonds. The molecule has 4 heteroatoms. The number of imidazole rings is 1. The van der Waals surface area contributed by atoms with E-state index in [4.69, 9.17) is 4.98 Å². The first-order valence-corrected chi connectivity index (χ1v) is 7.05. The highest BCUT2D eigenvalue weighted by Gasteiger charge is 2.31. The molecule has 0 N–H and O–H groups in total. The van der Waals surface area contributed by atoms with Gasteiger partial charge in [0.15, 0.2) is 0 Å². The highest BCUT2D eigenvalue weighted by molar-refractivity contribution is 5.77. The predicted octanol–water partition coefficient (Wildman–Crippen LogP) is 2.91. The number of carbonyl (C=O) groups is 1. The first-order chi connectivity index (χ1) is 9.72. The Labute approximate surface area is 118 Å². The van der Waals surface area contributed by atoms with Crippen molar-refractivity contribution in [1.29, 1.82) is 0 Å². The number of benzene rings is 1.